The number of ether oxygens (including phenoxy) is 1. The van der Waals surface area contributed by atoms with Crippen molar-refractivity contribution in [3.63, 3.8) is 0 Å². The summed E-state index contributed by atoms with van der Waals surface area (Å²) < 4.78 is 42.8. The van der Waals surface area contributed by atoms with Crippen molar-refractivity contribution in [3.05, 3.63) is 53.6 Å². The van der Waals surface area contributed by atoms with Crippen LogP contribution in [0.4, 0.5) is 30.2 Å². The fourth-order valence-corrected chi connectivity index (χ4v) is 1.79. The lowest BCUT2D eigenvalue weighted by Gasteiger charge is -2.06. The molecule has 116 valence electrons. The maximum absolute atomic E-state index is 12.6. The highest BCUT2D eigenvalue weighted by atomic mass is 19.4. The molecular formula is C15H14F3N3O. The van der Waals surface area contributed by atoms with Crippen LogP contribution in [-0.2, 0) is 17.5 Å². The number of azo groups is 1. The number of hydrogen-bond acceptors (Lipinski definition) is 4. The minimum Gasteiger partial charge on any atom is -0.398 e. The quantitative estimate of drug-likeness (QED) is 0.648. The minimum absolute atomic E-state index is 0.125. The fraction of sp³-hybridized carbons (Fsp3) is 0.200. The van der Waals surface area contributed by atoms with E-state index in [9.17, 15) is 13.2 Å². The zero-order valence-electron chi connectivity index (χ0n) is 11.8. The lowest BCUT2D eigenvalue weighted by Crippen LogP contribution is -2.03. The normalized spacial score (nSPS) is 12.0. The summed E-state index contributed by atoms with van der Waals surface area (Å²) in [4.78, 5) is 0. The third-order valence-electron chi connectivity index (χ3n) is 2.88. The molecule has 0 saturated heterocycles. The van der Waals surface area contributed by atoms with Gasteiger partial charge >= 0.3 is 6.18 Å². The van der Waals surface area contributed by atoms with Crippen LogP contribution in [0.15, 0.2) is 52.7 Å². The van der Waals surface area contributed by atoms with E-state index in [-0.39, 0.29) is 5.69 Å². The van der Waals surface area contributed by atoms with Crippen LogP contribution < -0.4 is 5.73 Å². The predicted molar refractivity (Wildman–Crippen MR) is 77.2 cm³/mol. The monoisotopic (exact) mass is 309 g/mol. The van der Waals surface area contributed by atoms with Gasteiger partial charge in [-0.05, 0) is 36.4 Å². The molecule has 0 amide bonds. The second kappa shape index (κ2) is 6.57. The van der Waals surface area contributed by atoms with Crippen molar-refractivity contribution in [1.29, 1.82) is 0 Å². The number of nitrogen functional groups attached to an aromatic ring is 1. The molecule has 2 aromatic rings. The fourth-order valence-electron chi connectivity index (χ4n) is 1.79. The molecule has 0 fully saturated rings. The molecule has 2 N–H and O–H groups in total. The van der Waals surface area contributed by atoms with Crippen LogP contribution in [0.25, 0.3) is 0 Å². The van der Waals surface area contributed by atoms with Gasteiger partial charge < -0.3 is 10.5 Å². The highest BCUT2D eigenvalue weighted by Crippen LogP contribution is 2.32. The van der Waals surface area contributed by atoms with Gasteiger partial charge in [-0.3, -0.25) is 0 Å². The van der Waals surface area contributed by atoms with Gasteiger partial charge in [-0.2, -0.15) is 23.4 Å². The zero-order chi connectivity index (χ0) is 16.2. The molecule has 0 aliphatic heterocycles. The molecular weight excluding hydrogens is 295 g/mol. The number of halogens is 3. The first-order valence-electron chi connectivity index (χ1n) is 6.36. The first-order valence-corrected chi connectivity index (χ1v) is 6.36. The lowest BCUT2D eigenvalue weighted by atomic mass is 10.2. The number of methoxy groups -OCH3 is 1. The van der Waals surface area contributed by atoms with E-state index in [4.69, 9.17) is 10.5 Å². The molecule has 4 nitrogen and oxygen atoms in total. The summed E-state index contributed by atoms with van der Waals surface area (Å²) in [6.45, 7) is 0.318. The Kier molecular flexibility index (Phi) is 4.77. The van der Waals surface area contributed by atoms with Gasteiger partial charge in [0, 0.05) is 18.4 Å². The summed E-state index contributed by atoms with van der Waals surface area (Å²) in [5.41, 5.74) is 6.91. The molecule has 7 heteroatoms. The Bertz CT molecular complexity index is 684. The molecule has 2 rings (SSSR count). The molecule has 22 heavy (non-hydrogen) atoms. The van der Waals surface area contributed by atoms with Crippen molar-refractivity contribution >= 4 is 17.1 Å². The van der Waals surface area contributed by atoms with E-state index in [0.29, 0.717) is 18.0 Å². The van der Waals surface area contributed by atoms with Gasteiger partial charge in [0.15, 0.2) is 0 Å². The van der Waals surface area contributed by atoms with Crippen LogP contribution >= 0.6 is 0 Å². The molecule has 0 saturated carbocycles. The van der Waals surface area contributed by atoms with Crippen molar-refractivity contribution in [2.45, 2.75) is 12.8 Å². The van der Waals surface area contributed by atoms with Crippen LogP contribution in [0.5, 0.6) is 0 Å². The van der Waals surface area contributed by atoms with Crippen molar-refractivity contribution in [2.24, 2.45) is 10.2 Å². The number of benzene rings is 2. The van der Waals surface area contributed by atoms with Gasteiger partial charge in [0.2, 0.25) is 0 Å². The maximum atomic E-state index is 12.6. The van der Waals surface area contributed by atoms with E-state index in [0.717, 1.165) is 17.7 Å². The maximum Gasteiger partial charge on any atom is 0.416 e. The highest BCUT2D eigenvalue weighted by molar-refractivity contribution is 5.54. The SMILES string of the molecule is COCc1cc(N=Nc2cccc(C(F)(F)F)c2)ccc1N. The van der Waals surface area contributed by atoms with E-state index < -0.39 is 11.7 Å². The number of alkyl halides is 3. The van der Waals surface area contributed by atoms with Gasteiger partial charge in [0.05, 0.1) is 23.5 Å². The molecule has 0 bridgehead atoms. The Morgan fingerprint density at radius 2 is 1.73 bits per heavy atom. The summed E-state index contributed by atoms with van der Waals surface area (Å²) in [7, 11) is 1.54. The van der Waals surface area contributed by atoms with E-state index in [2.05, 4.69) is 10.2 Å². The van der Waals surface area contributed by atoms with Crippen molar-refractivity contribution in [2.75, 3.05) is 12.8 Å². The lowest BCUT2D eigenvalue weighted by molar-refractivity contribution is -0.137. The smallest absolute Gasteiger partial charge is 0.398 e. The Hall–Kier alpha value is -2.41. The number of hydrogen-bond donors (Lipinski definition) is 1. The molecule has 0 heterocycles. The number of nitrogens with zero attached hydrogens (tertiary/aromatic N) is 2. The Morgan fingerprint density at radius 3 is 2.36 bits per heavy atom. The van der Waals surface area contributed by atoms with Gasteiger partial charge in [-0.25, -0.2) is 0 Å². The number of anilines is 1. The average Bonchev–Trinajstić information content (AvgIpc) is 2.48. The zero-order valence-corrected chi connectivity index (χ0v) is 11.8. The molecule has 0 atom stereocenters. The van der Waals surface area contributed by atoms with Crippen LogP contribution in [0.3, 0.4) is 0 Å². The van der Waals surface area contributed by atoms with E-state index >= 15 is 0 Å². The first kappa shape index (κ1) is 16.0. The van der Waals surface area contributed by atoms with Gasteiger partial charge in [0.1, 0.15) is 0 Å². The third-order valence-corrected chi connectivity index (χ3v) is 2.88. The highest BCUT2D eigenvalue weighted by Gasteiger charge is 2.30. The molecule has 0 spiro atoms. The van der Waals surface area contributed by atoms with Crippen molar-refractivity contribution < 1.29 is 17.9 Å². The van der Waals surface area contributed by atoms with E-state index in [1.54, 1.807) is 18.2 Å². The summed E-state index contributed by atoms with van der Waals surface area (Å²) >= 11 is 0. The topological polar surface area (TPSA) is 60.0 Å². The summed E-state index contributed by atoms with van der Waals surface area (Å²) in [6, 6.07) is 9.62. The molecule has 0 radical (unpaired) electrons. The minimum atomic E-state index is -4.40. The van der Waals surface area contributed by atoms with Crippen molar-refractivity contribution in [3.8, 4) is 0 Å². The first-order chi connectivity index (χ1) is 10.4. The molecule has 2 aromatic carbocycles. The van der Waals surface area contributed by atoms with Crippen LogP contribution in [-0.4, -0.2) is 7.11 Å². The second-order valence-corrected chi connectivity index (χ2v) is 4.56. The predicted octanol–water partition coefficient (Wildman–Crippen LogP) is 4.85. The summed E-state index contributed by atoms with van der Waals surface area (Å²) in [5.74, 6) is 0. The van der Waals surface area contributed by atoms with Crippen LogP contribution in [0, 0.1) is 0 Å². The standard InChI is InChI=1S/C15H14F3N3O/c1-22-9-10-7-13(5-6-14(10)19)21-20-12-4-2-3-11(8-12)15(16,17)18/h2-8H,9,19H2,1H3. The van der Waals surface area contributed by atoms with Gasteiger partial charge in [0.25, 0.3) is 0 Å². The van der Waals surface area contributed by atoms with Gasteiger partial charge in [-0.1, -0.05) is 6.07 Å². The molecule has 0 aromatic heterocycles. The third kappa shape index (κ3) is 4.05. The Labute approximate surface area is 125 Å². The summed E-state index contributed by atoms with van der Waals surface area (Å²) in [6.07, 6.45) is -4.40. The largest absolute Gasteiger partial charge is 0.416 e. The van der Waals surface area contributed by atoms with Crippen LogP contribution in [0.2, 0.25) is 0 Å². The molecule has 0 aliphatic carbocycles. The van der Waals surface area contributed by atoms with Crippen LogP contribution in [0.1, 0.15) is 11.1 Å². The van der Waals surface area contributed by atoms with Gasteiger partial charge in [-0.15, -0.1) is 0 Å². The summed E-state index contributed by atoms with van der Waals surface area (Å²) in [5, 5.41) is 7.76. The molecule has 0 unspecified atom stereocenters. The number of rotatable bonds is 4. The molecule has 0 aliphatic rings. The second-order valence-electron chi connectivity index (χ2n) is 4.56. The van der Waals surface area contributed by atoms with Crippen molar-refractivity contribution in [1.82, 2.24) is 0 Å². The average molecular weight is 309 g/mol. The van der Waals surface area contributed by atoms with E-state index in [1.807, 2.05) is 0 Å². The Balaban J connectivity index is 2.23. The Morgan fingerprint density at radius 1 is 1.05 bits per heavy atom. The van der Waals surface area contributed by atoms with E-state index in [1.165, 1.54) is 19.2 Å². The number of nitrogens with two attached hydrogens (primary N) is 1.